The van der Waals surface area contributed by atoms with Crippen molar-refractivity contribution in [2.24, 2.45) is 0 Å². The number of carbonyl (C=O) groups excluding carboxylic acids is 1. The van der Waals surface area contributed by atoms with E-state index in [0.29, 0.717) is 16.5 Å². The Bertz CT molecular complexity index is 728. The fraction of sp³-hybridized carbons (Fsp3) is 0.571. The number of nitrogens with zero attached hydrogens (tertiary/aromatic N) is 2. The number of benzene rings is 1. The fourth-order valence-electron chi connectivity index (χ4n) is 4.29. The zero-order chi connectivity index (χ0) is 20.3. The summed E-state index contributed by atoms with van der Waals surface area (Å²) >= 11 is 12.1. The lowest BCUT2D eigenvalue weighted by Gasteiger charge is -2.48. The average molecular weight is 427 g/mol. The van der Waals surface area contributed by atoms with E-state index in [1.165, 1.54) is 0 Å². The van der Waals surface area contributed by atoms with E-state index in [1.54, 1.807) is 26.4 Å². The van der Waals surface area contributed by atoms with E-state index in [2.05, 4.69) is 17.1 Å². The molecule has 2 unspecified atom stereocenters. The average Bonchev–Trinajstić information content (AvgIpc) is 3.24. The highest BCUT2D eigenvalue weighted by molar-refractivity contribution is 6.42. The summed E-state index contributed by atoms with van der Waals surface area (Å²) in [5, 5.41) is 0.967. The third-order valence-corrected chi connectivity index (χ3v) is 6.81. The molecule has 0 radical (unpaired) electrons. The fourth-order valence-corrected chi connectivity index (χ4v) is 4.62. The second-order valence-corrected chi connectivity index (χ2v) is 8.37. The lowest BCUT2D eigenvalue weighted by molar-refractivity contribution is -0.238. The number of methoxy groups -OCH3 is 2. The van der Waals surface area contributed by atoms with E-state index in [0.717, 1.165) is 37.9 Å². The van der Waals surface area contributed by atoms with Gasteiger partial charge in [-0.05, 0) is 24.1 Å². The standard InChI is InChI=1S/C21H28Cl2N2O3/c1-24(20(26)13-15-6-7-16(22)17(23)12-15)18-8-9-21(27-2,28-3)14-19(18)25-10-4-5-11-25/h4-7,12,18-19H,8-11,13-14H2,1-3H3. The molecule has 1 amide bonds. The summed E-state index contributed by atoms with van der Waals surface area (Å²) in [6, 6.07) is 5.63. The van der Waals surface area contributed by atoms with Crippen LogP contribution >= 0.6 is 23.2 Å². The number of carbonyl (C=O) groups is 1. The van der Waals surface area contributed by atoms with Crippen LogP contribution in [0.4, 0.5) is 0 Å². The SMILES string of the molecule is COC1(OC)CCC(N(C)C(=O)Cc2ccc(Cl)c(Cl)c2)C(N2CC=CC2)C1. The van der Waals surface area contributed by atoms with Gasteiger partial charge in [0, 0.05) is 59.3 Å². The van der Waals surface area contributed by atoms with Crippen molar-refractivity contribution in [1.29, 1.82) is 0 Å². The number of halogens is 2. The molecule has 2 aliphatic rings. The molecule has 1 fully saturated rings. The van der Waals surface area contributed by atoms with Crippen LogP contribution < -0.4 is 0 Å². The zero-order valence-electron chi connectivity index (χ0n) is 16.7. The molecule has 2 atom stereocenters. The van der Waals surface area contributed by atoms with Gasteiger partial charge in [-0.2, -0.15) is 0 Å². The van der Waals surface area contributed by atoms with Crippen molar-refractivity contribution in [2.45, 2.75) is 43.6 Å². The smallest absolute Gasteiger partial charge is 0.227 e. The van der Waals surface area contributed by atoms with Gasteiger partial charge in [-0.1, -0.05) is 41.4 Å². The van der Waals surface area contributed by atoms with Crippen LogP contribution in [0.3, 0.4) is 0 Å². The first-order chi connectivity index (χ1) is 13.4. The van der Waals surface area contributed by atoms with E-state index in [4.69, 9.17) is 32.7 Å². The minimum atomic E-state index is -0.586. The Balaban J connectivity index is 1.74. The highest BCUT2D eigenvalue weighted by atomic mass is 35.5. The molecule has 1 aromatic carbocycles. The summed E-state index contributed by atoms with van der Waals surface area (Å²) in [4.78, 5) is 17.3. The minimum absolute atomic E-state index is 0.0721. The van der Waals surface area contributed by atoms with E-state index in [-0.39, 0.29) is 18.0 Å². The number of likely N-dealkylation sites (N-methyl/N-ethyl adjacent to an activating group) is 1. The van der Waals surface area contributed by atoms with Crippen LogP contribution in [0, 0.1) is 0 Å². The molecule has 28 heavy (non-hydrogen) atoms. The Kier molecular flexibility index (Phi) is 7.05. The summed E-state index contributed by atoms with van der Waals surface area (Å²) in [7, 11) is 5.29. The van der Waals surface area contributed by atoms with Crippen LogP contribution in [-0.2, 0) is 20.7 Å². The Labute approximate surface area is 177 Å². The van der Waals surface area contributed by atoms with Gasteiger partial charge in [-0.15, -0.1) is 0 Å². The first-order valence-electron chi connectivity index (χ1n) is 9.58. The van der Waals surface area contributed by atoms with E-state index in [1.807, 2.05) is 18.0 Å². The third kappa shape index (κ3) is 4.55. The van der Waals surface area contributed by atoms with Gasteiger partial charge < -0.3 is 14.4 Å². The number of hydrogen-bond donors (Lipinski definition) is 0. The molecule has 3 rings (SSSR count). The molecule has 1 aliphatic carbocycles. The molecule has 1 saturated carbocycles. The van der Waals surface area contributed by atoms with Gasteiger partial charge in [-0.25, -0.2) is 0 Å². The lowest BCUT2D eigenvalue weighted by atomic mass is 9.83. The summed E-state index contributed by atoms with van der Waals surface area (Å²) in [5.41, 5.74) is 0.865. The van der Waals surface area contributed by atoms with Crippen LogP contribution in [0.25, 0.3) is 0 Å². The maximum absolute atomic E-state index is 13.0. The van der Waals surface area contributed by atoms with E-state index in [9.17, 15) is 4.79 Å². The van der Waals surface area contributed by atoms with Crippen LogP contribution in [-0.4, -0.2) is 67.9 Å². The van der Waals surface area contributed by atoms with Crippen molar-refractivity contribution in [3.05, 3.63) is 46.0 Å². The Morgan fingerprint density at radius 1 is 1.21 bits per heavy atom. The van der Waals surface area contributed by atoms with E-state index < -0.39 is 5.79 Å². The number of amides is 1. The number of hydrogen-bond acceptors (Lipinski definition) is 4. The summed E-state index contributed by atoms with van der Waals surface area (Å²) in [6.45, 7) is 1.78. The van der Waals surface area contributed by atoms with Gasteiger partial charge in [0.2, 0.25) is 5.91 Å². The molecule has 0 aromatic heterocycles. The lowest BCUT2D eigenvalue weighted by Crippen LogP contribution is -2.59. The van der Waals surface area contributed by atoms with Crippen LogP contribution in [0.5, 0.6) is 0 Å². The summed E-state index contributed by atoms with van der Waals surface area (Å²) < 4.78 is 11.5. The molecule has 0 spiro atoms. The molecule has 0 bridgehead atoms. The molecular weight excluding hydrogens is 399 g/mol. The van der Waals surface area contributed by atoms with Crippen molar-refractivity contribution in [2.75, 3.05) is 34.4 Å². The van der Waals surface area contributed by atoms with Crippen LogP contribution in [0.1, 0.15) is 24.8 Å². The molecule has 1 aliphatic heterocycles. The predicted octanol–water partition coefficient (Wildman–Crippen LogP) is 3.78. The van der Waals surface area contributed by atoms with Crippen molar-refractivity contribution < 1.29 is 14.3 Å². The second-order valence-electron chi connectivity index (χ2n) is 7.55. The molecule has 0 N–H and O–H groups in total. The van der Waals surface area contributed by atoms with Gasteiger partial charge >= 0.3 is 0 Å². The molecule has 5 nitrogen and oxygen atoms in total. The maximum atomic E-state index is 13.0. The zero-order valence-corrected chi connectivity index (χ0v) is 18.2. The van der Waals surface area contributed by atoms with Gasteiger partial charge in [0.25, 0.3) is 0 Å². The molecule has 1 heterocycles. The minimum Gasteiger partial charge on any atom is -0.353 e. The molecule has 0 saturated heterocycles. The number of rotatable bonds is 6. The highest BCUT2D eigenvalue weighted by Gasteiger charge is 2.45. The molecule has 1 aromatic rings. The Hall–Kier alpha value is -1.11. The van der Waals surface area contributed by atoms with Crippen molar-refractivity contribution in [3.8, 4) is 0 Å². The predicted molar refractivity (Wildman–Crippen MR) is 112 cm³/mol. The van der Waals surface area contributed by atoms with E-state index >= 15 is 0 Å². The summed E-state index contributed by atoms with van der Waals surface area (Å²) in [5.74, 6) is -0.514. The van der Waals surface area contributed by atoms with Gasteiger partial charge in [0.15, 0.2) is 5.79 Å². The first kappa shape index (κ1) is 21.6. The first-order valence-corrected chi connectivity index (χ1v) is 10.3. The molecule has 154 valence electrons. The van der Waals surface area contributed by atoms with Crippen molar-refractivity contribution in [1.82, 2.24) is 9.80 Å². The highest BCUT2D eigenvalue weighted by Crippen LogP contribution is 2.37. The molecule has 7 heteroatoms. The third-order valence-electron chi connectivity index (χ3n) is 6.08. The molecular formula is C21H28Cl2N2O3. The number of ether oxygens (including phenoxy) is 2. The van der Waals surface area contributed by atoms with Gasteiger partial charge in [0.05, 0.1) is 16.5 Å². The largest absolute Gasteiger partial charge is 0.353 e. The second kappa shape index (κ2) is 9.14. The van der Waals surface area contributed by atoms with Crippen molar-refractivity contribution in [3.63, 3.8) is 0 Å². The van der Waals surface area contributed by atoms with Gasteiger partial charge in [0.1, 0.15) is 0 Å². The van der Waals surface area contributed by atoms with Gasteiger partial charge in [-0.3, -0.25) is 9.69 Å². The normalized spacial score (nSPS) is 24.5. The monoisotopic (exact) mass is 426 g/mol. The topological polar surface area (TPSA) is 42.0 Å². The Morgan fingerprint density at radius 3 is 2.50 bits per heavy atom. The quantitative estimate of drug-likeness (QED) is 0.512. The summed E-state index contributed by atoms with van der Waals surface area (Å²) in [6.07, 6.45) is 6.96. The van der Waals surface area contributed by atoms with Crippen LogP contribution in [0.2, 0.25) is 10.0 Å². The van der Waals surface area contributed by atoms with Crippen LogP contribution in [0.15, 0.2) is 30.4 Å². The van der Waals surface area contributed by atoms with Crippen molar-refractivity contribution >= 4 is 29.1 Å². The Morgan fingerprint density at radius 2 is 1.89 bits per heavy atom. The maximum Gasteiger partial charge on any atom is 0.227 e.